The summed E-state index contributed by atoms with van der Waals surface area (Å²) in [5, 5.41) is 8.84. The highest BCUT2D eigenvalue weighted by atomic mass is 32.2. The van der Waals surface area contributed by atoms with Gasteiger partial charge in [0.2, 0.25) is 0 Å². The number of nitriles is 1. The van der Waals surface area contributed by atoms with Gasteiger partial charge in [-0.1, -0.05) is 29.5 Å². The number of rotatable bonds is 2. The molecule has 0 fully saturated rings. The zero-order valence-corrected chi connectivity index (χ0v) is 8.64. The van der Waals surface area contributed by atoms with E-state index in [4.69, 9.17) is 16.7 Å². The van der Waals surface area contributed by atoms with Crippen molar-refractivity contribution in [1.29, 1.82) is 5.26 Å². The molecule has 0 saturated carbocycles. The lowest BCUT2D eigenvalue weighted by atomic mass is 10.2. The minimum Gasteiger partial charge on any atom is -0.391 e. The average molecular weight is 205 g/mol. The maximum Gasteiger partial charge on any atom is 0.141 e. The summed E-state index contributed by atoms with van der Waals surface area (Å²) >= 11 is 1.29. The van der Waals surface area contributed by atoms with Crippen LogP contribution in [0, 0.1) is 18.3 Å². The van der Waals surface area contributed by atoms with E-state index >= 15 is 0 Å². The summed E-state index contributed by atoms with van der Waals surface area (Å²) in [6.07, 6.45) is 0. The maximum absolute atomic E-state index is 8.50. The van der Waals surface area contributed by atoms with Crippen molar-refractivity contribution < 1.29 is 0 Å². The number of benzene rings is 1. The summed E-state index contributed by atoms with van der Waals surface area (Å²) in [7, 11) is 0. The molecular weight excluding hydrogens is 194 g/mol. The van der Waals surface area contributed by atoms with Gasteiger partial charge in [-0.15, -0.1) is 0 Å². The fraction of sp³-hybridized carbons (Fsp3) is 0.100. The van der Waals surface area contributed by atoms with Crippen molar-refractivity contribution in [3.8, 4) is 6.07 Å². The largest absolute Gasteiger partial charge is 0.391 e. The number of nitrogens with two attached hydrogens (primary N) is 2. The molecule has 0 heterocycles. The highest BCUT2D eigenvalue weighted by molar-refractivity contribution is 8.03. The Morgan fingerprint density at radius 2 is 1.86 bits per heavy atom. The van der Waals surface area contributed by atoms with E-state index in [2.05, 4.69) is 0 Å². The van der Waals surface area contributed by atoms with Gasteiger partial charge in [0.1, 0.15) is 16.8 Å². The van der Waals surface area contributed by atoms with Crippen LogP contribution in [0.3, 0.4) is 0 Å². The Morgan fingerprint density at radius 3 is 2.36 bits per heavy atom. The third-order valence-corrected chi connectivity index (χ3v) is 2.58. The Labute approximate surface area is 87.4 Å². The molecule has 0 aliphatic carbocycles. The zero-order valence-electron chi connectivity index (χ0n) is 7.82. The van der Waals surface area contributed by atoms with Crippen molar-refractivity contribution in [2.24, 2.45) is 11.5 Å². The van der Waals surface area contributed by atoms with E-state index < -0.39 is 0 Å². The van der Waals surface area contributed by atoms with Gasteiger partial charge < -0.3 is 11.5 Å². The lowest BCUT2D eigenvalue weighted by molar-refractivity contribution is 1.32. The number of hydrogen-bond acceptors (Lipinski definition) is 4. The van der Waals surface area contributed by atoms with Crippen molar-refractivity contribution in [1.82, 2.24) is 0 Å². The molecule has 14 heavy (non-hydrogen) atoms. The minimum absolute atomic E-state index is 0.0653. The van der Waals surface area contributed by atoms with E-state index in [0.717, 1.165) is 4.90 Å². The number of thioether (sulfide) groups is 1. The topological polar surface area (TPSA) is 75.8 Å². The average Bonchev–Trinajstić information content (AvgIpc) is 2.20. The first-order chi connectivity index (χ1) is 6.63. The number of aryl methyl sites for hydroxylation is 1. The summed E-state index contributed by atoms with van der Waals surface area (Å²) in [6.45, 7) is 2.01. The number of hydrogen-bond donors (Lipinski definition) is 2. The Kier molecular flexibility index (Phi) is 3.43. The van der Waals surface area contributed by atoms with Crippen LogP contribution in [0.2, 0.25) is 0 Å². The van der Waals surface area contributed by atoms with Crippen molar-refractivity contribution in [2.45, 2.75) is 11.8 Å². The fourth-order valence-electron chi connectivity index (χ4n) is 0.843. The zero-order chi connectivity index (χ0) is 10.6. The summed E-state index contributed by atoms with van der Waals surface area (Å²) in [6, 6.07) is 9.66. The third-order valence-electron chi connectivity index (χ3n) is 1.63. The second-order valence-electron chi connectivity index (χ2n) is 2.80. The van der Waals surface area contributed by atoms with Crippen molar-refractivity contribution in [2.75, 3.05) is 0 Å². The molecule has 0 radical (unpaired) electrons. The Bertz CT molecular complexity index is 387. The van der Waals surface area contributed by atoms with Crippen LogP contribution >= 0.6 is 11.8 Å². The van der Waals surface area contributed by atoms with Gasteiger partial charge in [0.05, 0.1) is 0 Å². The van der Waals surface area contributed by atoms with Crippen molar-refractivity contribution >= 4 is 11.8 Å². The SMILES string of the molecule is Cc1ccc(S/C(N)=C(\N)C#N)cc1. The van der Waals surface area contributed by atoms with E-state index in [9.17, 15) is 0 Å². The minimum atomic E-state index is 0.0653. The van der Waals surface area contributed by atoms with Gasteiger partial charge >= 0.3 is 0 Å². The molecule has 1 rings (SSSR count). The molecule has 0 atom stereocenters. The highest BCUT2D eigenvalue weighted by Crippen LogP contribution is 2.23. The van der Waals surface area contributed by atoms with E-state index in [1.165, 1.54) is 17.3 Å². The standard InChI is InChI=1S/C10H11N3S/c1-7-2-4-8(5-3-7)14-10(13)9(12)6-11/h2-5H,12-13H2,1H3/b10-9-. The van der Waals surface area contributed by atoms with Crippen LogP contribution in [0.4, 0.5) is 0 Å². The van der Waals surface area contributed by atoms with Crippen LogP contribution in [0.1, 0.15) is 5.56 Å². The second-order valence-corrected chi connectivity index (χ2v) is 3.92. The molecule has 4 N–H and O–H groups in total. The van der Waals surface area contributed by atoms with Crippen LogP contribution in [-0.2, 0) is 0 Å². The summed E-state index contributed by atoms with van der Waals surface area (Å²) < 4.78 is 0. The smallest absolute Gasteiger partial charge is 0.141 e. The molecule has 0 unspecified atom stereocenters. The molecule has 0 bridgehead atoms. The predicted molar refractivity (Wildman–Crippen MR) is 58.0 cm³/mol. The molecule has 1 aromatic rings. The van der Waals surface area contributed by atoms with E-state index in [1.807, 2.05) is 37.3 Å². The molecule has 0 aliphatic heterocycles. The first-order valence-electron chi connectivity index (χ1n) is 4.03. The van der Waals surface area contributed by atoms with E-state index in [-0.39, 0.29) is 5.70 Å². The van der Waals surface area contributed by atoms with Crippen LogP contribution in [0.5, 0.6) is 0 Å². The lowest BCUT2D eigenvalue weighted by Crippen LogP contribution is -2.04. The van der Waals surface area contributed by atoms with Crippen LogP contribution in [-0.4, -0.2) is 0 Å². The highest BCUT2D eigenvalue weighted by Gasteiger charge is 2.00. The van der Waals surface area contributed by atoms with Gasteiger partial charge in [0.25, 0.3) is 0 Å². The molecule has 72 valence electrons. The summed E-state index contributed by atoms with van der Waals surface area (Å²) in [5.41, 5.74) is 12.2. The molecular formula is C10H11N3S. The van der Waals surface area contributed by atoms with E-state index in [1.54, 1.807) is 0 Å². The number of allylic oxidation sites excluding steroid dienone is 1. The van der Waals surface area contributed by atoms with E-state index in [0.29, 0.717) is 5.03 Å². The van der Waals surface area contributed by atoms with Gasteiger partial charge in [-0.25, -0.2) is 0 Å². The Balaban J connectivity index is 2.81. The van der Waals surface area contributed by atoms with Gasteiger partial charge in [-0.2, -0.15) is 5.26 Å². The van der Waals surface area contributed by atoms with Crippen LogP contribution < -0.4 is 11.5 Å². The lowest BCUT2D eigenvalue weighted by Gasteiger charge is -2.02. The third kappa shape index (κ3) is 2.71. The molecule has 0 spiro atoms. The molecule has 4 heteroatoms. The molecule has 0 saturated heterocycles. The maximum atomic E-state index is 8.50. The molecule has 0 amide bonds. The quantitative estimate of drug-likeness (QED) is 0.569. The Hall–Kier alpha value is -1.60. The van der Waals surface area contributed by atoms with Crippen molar-refractivity contribution in [3.05, 3.63) is 40.6 Å². The predicted octanol–water partition coefficient (Wildman–Crippen LogP) is 1.70. The monoisotopic (exact) mass is 205 g/mol. The summed E-state index contributed by atoms with van der Waals surface area (Å²) in [5.74, 6) is 0. The van der Waals surface area contributed by atoms with Gasteiger partial charge in [0.15, 0.2) is 0 Å². The van der Waals surface area contributed by atoms with Gasteiger partial charge in [-0.3, -0.25) is 0 Å². The second kappa shape index (κ2) is 4.58. The van der Waals surface area contributed by atoms with Crippen LogP contribution in [0.15, 0.2) is 39.9 Å². The Morgan fingerprint density at radius 1 is 1.29 bits per heavy atom. The van der Waals surface area contributed by atoms with Gasteiger partial charge in [0, 0.05) is 4.90 Å². The normalized spacial score (nSPS) is 11.7. The summed E-state index contributed by atoms with van der Waals surface area (Å²) in [4.78, 5) is 0.978. The molecule has 1 aromatic carbocycles. The van der Waals surface area contributed by atoms with Crippen LogP contribution in [0.25, 0.3) is 0 Å². The van der Waals surface area contributed by atoms with Crippen molar-refractivity contribution in [3.63, 3.8) is 0 Å². The molecule has 0 aliphatic rings. The fourth-order valence-corrected chi connectivity index (χ4v) is 1.53. The first-order valence-corrected chi connectivity index (χ1v) is 4.85. The molecule has 0 aromatic heterocycles. The number of nitrogens with zero attached hydrogens (tertiary/aromatic N) is 1. The van der Waals surface area contributed by atoms with Gasteiger partial charge in [-0.05, 0) is 19.1 Å². The molecule has 3 nitrogen and oxygen atoms in total. The first kappa shape index (κ1) is 10.5.